The molecule has 112 valence electrons. The van der Waals surface area contributed by atoms with Crippen LogP contribution < -0.4 is 15.4 Å². The lowest BCUT2D eigenvalue weighted by Crippen LogP contribution is -2.11. The molecule has 0 saturated heterocycles. The van der Waals surface area contributed by atoms with Crippen LogP contribution in [0, 0.1) is 0 Å². The van der Waals surface area contributed by atoms with E-state index in [0.29, 0.717) is 17.0 Å². The Morgan fingerprint density at radius 1 is 1.35 bits per heavy atom. The van der Waals surface area contributed by atoms with Gasteiger partial charge < -0.3 is 15.4 Å². The van der Waals surface area contributed by atoms with E-state index >= 15 is 0 Å². The fourth-order valence-electron chi connectivity index (χ4n) is 1.54. The van der Waals surface area contributed by atoms with E-state index in [0.717, 1.165) is 17.5 Å². The van der Waals surface area contributed by atoms with Crippen molar-refractivity contribution in [3.8, 4) is 5.75 Å². The van der Waals surface area contributed by atoms with Gasteiger partial charge in [0.1, 0.15) is 12.0 Å². The summed E-state index contributed by atoms with van der Waals surface area (Å²) in [7, 11) is 5.43. The Balaban J connectivity index is 0.00000110. The average Bonchev–Trinajstić information content (AvgIpc) is 2.41. The van der Waals surface area contributed by atoms with E-state index < -0.39 is 0 Å². The van der Waals surface area contributed by atoms with Crippen LogP contribution in [-0.4, -0.2) is 27.5 Å². The fourth-order valence-corrected chi connectivity index (χ4v) is 1.54. The Kier molecular flexibility index (Phi) is 8.13. The van der Waals surface area contributed by atoms with E-state index in [-0.39, 0.29) is 0 Å². The van der Waals surface area contributed by atoms with Gasteiger partial charge in [-0.3, -0.25) is 4.79 Å². The summed E-state index contributed by atoms with van der Waals surface area (Å²) in [4.78, 5) is 12.6. The first-order valence-corrected chi connectivity index (χ1v) is 6.69. The lowest BCUT2D eigenvalue weighted by molar-refractivity contribution is -0.104. The van der Waals surface area contributed by atoms with Gasteiger partial charge in [0.15, 0.2) is 0 Å². The highest BCUT2D eigenvalue weighted by molar-refractivity contribution is 5.88. The zero-order valence-electron chi connectivity index (χ0n) is 13.4. The monoisotopic (exact) mass is 278 g/mol. The lowest BCUT2D eigenvalue weighted by Gasteiger charge is -2.19. The summed E-state index contributed by atoms with van der Waals surface area (Å²) >= 11 is 0. The molecule has 0 amide bonds. The maximum atomic E-state index is 10.7. The highest BCUT2D eigenvalue weighted by Gasteiger charge is 2.09. The van der Waals surface area contributed by atoms with Crippen molar-refractivity contribution in [2.75, 3.05) is 31.8 Å². The zero-order valence-corrected chi connectivity index (χ0v) is 13.4. The van der Waals surface area contributed by atoms with E-state index in [4.69, 9.17) is 10.5 Å². The molecule has 0 saturated carbocycles. The molecule has 0 spiro atoms. The molecule has 4 heteroatoms. The number of allylic oxidation sites excluding steroid dienone is 1. The van der Waals surface area contributed by atoms with Gasteiger partial charge in [0.2, 0.25) is 0 Å². The van der Waals surface area contributed by atoms with Crippen LogP contribution in [0.5, 0.6) is 5.75 Å². The molecule has 0 aliphatic carbocycles. The van der Waals surface area contributed by atoms with Gasteiger partial charge in [0.25, 0.3) is 0 Å². The molecule has 0 aliphatic heterocycles. The number of anilines is 2. The van der Waals surface area contributed by atoms with Gasteiger partial charge in [0, 0.05) is 43.2 Å². The molecular formula is C16H26N2O2. The van der Waals surface area contributed by atoms with Crippen LogP contribution in [-0.2, 0) is 4.79 Å². The van der Waals surface area contributed by atoms with Gasteiger partial charge in [-0.25, -0.2) is 0 Å². The van der Waals surface area contributed by atoms with Crippen molar-refractivity contribution in [3.63, 3.8) is 0 Å². The van der Waals surface area contributed by atoms with Gasteiger partial charge in [0.05, 0.1) is 7.11 Å². The first-order valence-electron chi connectivity index (χ1n) is 6.69. The van der Waals surface area contributed by atoms with Crippen LogP contribution in [0.2, 0.25) is 0 Å². The predicted molar refractivity (Wildman–Crippen MR) is 87.4 cm³/mol. The zero-order chi connectivity index (χ0) is 15.7. The molecule has 0 atom stereocenters. The molecule has 2 N–H and O–H groups in total. The minimum absolute atomic E-state index is 0.592. The van der Waals surface area contributed by atoms with Crippen LogP contribution >= 0.6 is 0 Å². The predicted octanol–water partition coefficient (Wildman–Crippen LogP) is 3.36. The first kappa shape index (κ1) is 18.0. The topological polar surface area (TPSA) is 55.6 Å². The number of ether oxygens (including phenoxy) is 1. The van der Waals surface area contributed by atoms with Gasteiger partial charge >= 0.3 is 0 Å². The smallest absolute Gasteiger partial charge is 0.145 e. The van der Waals surface area contributed by atoms with Crippen LogP contribution in [0.25, 0.3) is 6.08 Å². The molecule has 1 rings (SSSR count). The Bertz CT molecular complexity index is 466. The number of nitrogens with zero attached hydrogens (tertiary/aromatic N) is 1. The molecular weight excluding hydrogens is 252 g/mol. The van der Waals surface area contributed by atoms with E-state index in [1.54, 1.807) is 26.2 Å². The summed E-state index contributed by atoms with van der Waals surface area (Å²) < 4.78 is 5.18. The third kappa shape index (κ3) is 5.34. The minimum Gasteiger partial charge on any atom is -0.497 e. The molecule has 0 heterocycles. The van der Waals surface area contributed by atoms with Gasteiger partial charge in [-0.05, 0) is 18.6 Å². The van der Waals surface area contributed by atoms with Crippen LogP contribution in [0.3, 0.4) is 0 Å². The van der Waals surface area contributed by atoms with E-state index in [1.165, 1.54) is 6.42 Å². The van der Waals surface area contributed by atoms with Crippen molar-refractivity contribution in [1.82, 2.24) is 0 Å². The third-order valence-corrected chi connectivity index (χ3v) is 2.44. The van der Waals surface area contributed by atoms with Crippen molar-refractivity contribution >= 4 is 23.7 Å². The second-order valence-corrected chi connectivity index (χ2v) is 4.76. The molecule has 1 aromatic carbocycles. The summed E-state index contributed by atoms with van der Waals surface area (Å²) in [6, 6.07) is 3.64. The Hall–Kier alpha value is -1.97. The SMILES string of the molecule is CCC.COc1cc(N)c(/C=C(/C)C=O)c(N(C)C)c1. The Labute approximate surface area is 122 Å². The van der Waals surface area contributed by atoms with Crippen molar-refractivity contribution in [1.29, 1.82) is 0 Å². The third-order valence-electron chi connectivity index (χ3n) is 2.44. The Morgan fingerprint density at radius 3 is 2.30 bits per heavy atom. The van der Waals surface area contributed by atoms with Crippen molar-refractivity contribution < 1.29 is 9.53 Å². The second kappa shape index (κ2) is 9.02. The number of carbonyl (C=O) groups excluding carboxylic acids is 1. The highest BCUT2D eigenvalue weighted by atomic mass is 16.5. The largest absolute Gasteiger partial charge is 0.497 e. The van der Waals surface area contributed by atoms with Gasteiger partial charge in [-0.15, -0.1) is 0 Å². The maximum absolute atomic E-state index is 10.7. The van der Waals surface area contributed by atoms with Crippen LogP contribution in [0.1, 0.15) is 32.8 Å². The number of methoxy groups -OCH3 is 1. The number of carbonyl (C=O) groups is 1. The summed E-state index contributed by atoms with van der Waals surface area (Å²) in [6.45, 7) is 6.00. The maximum Gasteiger partial charge on any atom is 0.145 e. The summed E-state index contributed by atoms with van der Waals surface area (Å²) in [5.41, 5.74) is 8.95. The lowest BCUT2D eigenvalue weighted by atomic mass is 10.1. The molecule has 0 aromatic heterocycles. The van der Waals surface area contributed by atoms with E-state index in [1.807, 2.05) is 25.1 Å². The average molecular weight is 278 g/mol. The number of hydrogen-bond donors (Lipinski definition) is 1. The molecule has 0 aliphatic rings. The molecule has 1 aromatic rings. The summed E-state index contributed by atoms with van der Waals surface area (Å²) in [5.74, 6) is 0.701. The first-order chi connectivity index (χ1) is 9.40. The van der Waals surface area contributed by atoms with Crippen molar-refractivity contribution in [2.45, 2.75) is 27.2 Å². The number of benzene rings is 1. The summed E-state index contributed by atoms with van der Waals surface area (Å²) in [6.07, 6.45) is 3.83. The number of rotatable bonds is 4. The van der Waals surface area contributed by atoms with E-state index in [9.17, 15) is 4.79 Å². The highest BCUT2D eigenvalue weighted by Crippen LogP contribution is 2.32. The van der Waals surface area contributed by atoms with Crippen LogP contribution in [0.15, 0.2) is 17.7 Å². The number of nitrogens with two attached hydrogens (primary N) is 1. The Morgan fingerprint density at radius 2 is 1.90 bits per heavy atom. The molecule has 0 fully saturated rings. The number of nitrogen functional groups attached to an aromatic ring is 1. The fraction of sp³-hybridized carbons (Fsp3) is 0.438. The molecule has 0 unspecified atom stereocenters. The number of hydrogen-bond acceptors (Lipinski definition) is 4. The van der Waals surface area contributed by atoms with Gasteiger partial charge in [-0.2, -0.15) is 0 Å². The molecule has 0 radical (unpaired) electrons. The minimum atomic E-state index is 0.592. The summed E-state index contributed by atoms with van der Waals surface area (Å²) in [5, 5.41) is 0. The standard InChI is InChI=1S/C13H18N2O2.C3H8/c1-9(8-16)5-11-12(14)6-10(17-4)7-13(11)15(2)3;1-3-2/h5-8H,14H2,1-4H3;3H2,1-2H3/b9-5-;. The normalized spacial score (nSPS) is 10.4. The molecule has 20 heavy (non-hydrogen) atoms. The molecule has 0 bridgehead atoms. The van der Waals surface area contributed by atoms with Crippen molar-refractivity contribution in [2.24, 2.45) is 0 Å². The van der Waals surface area contributed by atoms with Crippen LogP contribution in [0.4, 0.5) is 11.4 Å². The number of aldehydes is 1. The van der Waals surface area contributed by atoms with Gasteiger partial charge in [-0.1, -0.05) is 20.3 Å². The second-order valence-electron chi connectivity index (χ2n) is 4.76. The quantitative estimate of drug-likeness (QED) is 0.521. The van der Waals surface area contributed by atoms with E-state index in [2.05, 4.69) is 13.8 Å². The molecule has 4 nitrogen and oxygen atoms in total. The van der Waals surface area contributed by atoms with Crippen molar-refractivity contribution in [3.05, 3.63) is 23.3 Å².